The number of hydrogen-bond acceptors (Lipinski definition) is 4. The summed E-state index contributed by atoms with van der Waals surface area (Å²) in [4.78, 5) is 12.3. The second-order valence-corrected chi connectivity index (χ2v) is 5.75. The van der Waals surface area contributed by atoms with Crippen molar-refractivity contribution in [2.75, 3.05) is 14.2 Å². The summed E-state index contributed by atoms with van der Waals surface area (Å²) in [6.07, 6.45) is 1.54. The van der Waals surface area contributed by atoms with Gasteiger partial charge in [0.2, 0.25) is 0 Å². The molecule has 3 aromatic rings. The van der Waals surface area contributed by atoms with Gasteiger partial charge in [-0.1, -0.05) is 42.5 Å². The highest BCUT2D eigenvalue weighted by Gasteiger charge is 2.06. The van der Waals surface area contributed by atoms with Crippen molar-refractivity contribution in [2.24, 2.45) is 5.10 Å². The van der Waals surface area contributed by atoms with Gasteiger partial charge in [0.15, 0.2) is 0 Å². The van der Waals surface area contributed by atoms with Crippen LogP contribution in [-0.2, 0) is 0 Å². The normalized spacial score (nSPS) is 10.6. The quantitative estimate of drug-likeness (QED) is 0.531. The van der Waals surface area contributed by atoms with Crippen LogP contribution in [0.4, 0.5) is 0 Å². The molecule has 1 N–H and O–H groups in total. The van der Waals surface area contributed by atoms with Crippen LogP contribution in [0.2, 0.25) is 0 Å². The number of ether oxygens (including phenoxy) is 2. The van der Waals surface area contributed by atoms with Gasteiger partial charge in [0.05, 0.1) is 20.4 Å². The number of nitrogens with one attached hydrogen (secondary N) is 1. The third-order valence-corrected chi connectivity index (χ3v) is 4.06. The van der Waals surface area contributed by atoms with Crippen molar-refractivity contribution in [1.29, 1.82) is 0 Å². The number of methoxy groups -OCH3 is 2. The largest absolute Gasteiger partial charge is 0.497 e. The average molecular weight is 360 g/mol. The van der Waals surface area contributed by atoms with Gasteiger partial charge in [-0.05, 0) is 35.4 Å². The van der Waals surface area contributed by atoms with E-state index < -0.39 is 0 Å². The standard InChI is InChI=1S/C22H20N2O3/c1-26-20-13-12-19(21(14-20)27-2)15-23-24-22(25)18-10-8-17(9-11-18)16-6-4-3-5-7-16/h3-15H,1-2H3,(H,24,25)/b23-15+. The van der Waals surface area contributed by atoms with E-state index in [2.05, 4.69) is 10.5 Å². The topological polar surface area (TPSA) is 59.9 Å². The van der Waals surface area contributed by atoms with Crippen LogP contribution in [0.3, 0.4) is 0 Å². The fraction of sp³-hybridized carbons (Fsp3) is 0.0909. The second kappa shape index (κ2) is 8.67. The molecule has 0 fully saturated rings. The molecule has 0 bridgehead atoms. The minimum Gasteiger partial charge on any atom is -0.497 e. The lowest BCUT2D eigenvalue weighted by Crippen LogP contribution is -2.17. The molecule has 0 aliphatic carbocycles. The van der Waals surface area contributed by atoms with Crippen molar-refractivity contribution in [3.63, 3.8) is 0 Å². The molecule has 0 aliphatic heterocycles. The number of nitrogens with zero attached hydrogens (tertiary/aromatic N) is 1. The predicted molar refractivity (Wildman–Crippen MR) is 106 cm³/mol. The number of hydrazone groups is 1. The lowest BCUT2D eigenvalue weighted by molar-refractivity contribution is 0.0955. The smallest absolute Gasteiger partial charge is 0.271 e. The van der Waals surface area contributed by atoms with Gasteiger partial charge < -0.3 is 9.47 Å². The third-order valence-electron chi connectivity index (χ3n) is 4.06. The van der Waals surface area contributed by atoms with Gasteiger partial charge >= 0.3 is 0 Å². The summed E-state index contributed by atoms with van der Waals surface area (Å²) >= 11 is 0. The number of carbonyl (C=O) groups is 1. The molecule has 1 amide bonds. The van der Waals surface area contributed by atoms with E-state index in [0.717, 1.165) is 16.7 Å². The Labute approximate surface area is 158 Å². The Kier molecular flexibility index (Phi) is 5.84. The number of amides is 1. The Morgan fingerprint density at radius 1 is 0.889 bits per heavy atom. The van der Waals surface area contributed by atoms with Crippen LogP contribution < -0.4 is 14.9 Å². The number of benzene rings is 3. The van der Waals surface area contributed by atoms with E-state index in [1.807, 2.05) is 48.5 Å². The summed E-state index contributed by atoms with van der Waals surface area (Å²) in [5, 5.41) is 4.02. The van der Waals surface area contributed by atoms with Crippen LogP contribution in [-0.4, -0.2) is 26.3 Å². The summed E-state index contributed by atoms with van der Waals surface area (Å²) in [7, 11) is 3.16. The number of hydrogen-bond donors (Lipinski definition) is 1. The molecular weight excluding hydrogens is 340 g/mol. The minimum absolute atomic E-state index is 0.279. The minimum atomic E-state index is -0.279. The van der Waals surface area contributed by atoms with Gasteiger partial charge in [-0.15, -0.1) is 0 Å². The molecule has 0 radical (unpaired) electrons. The van der Waals surface area contributed by atoms with Crippen LogP contribution in [0, 0.1) is 0 Å². The molecule has 5 nitrogen and oxygen atoms in total. The zero-order valence-corrected chi connectivity index (χ0v) is 15.2. The highest BCUT2D eigenvalue weighted by molar-refractivity contribution is 5.95. The van der Waals surface area contributed by atoms with Crippen molar-refractivity contribution in [3.8, 4) is 22.6 Å². The molecule has 3 rings (SSSR count). The Morgan fingerprint density at radius 2 is 1.59 bits per heavy atom. The highest BCUT2D eigenvalue weighted by atomic mass is 16.5. The Bertz CT molecular complexity index is 936. The fourth-order valence-electron chi connectivity index (χ4n) is 2.59. The summed E-state index contributed by atoms with van der Waals surface area (Å²) in [6.45, 7) is 0. The Balaban J connectivity index is 1.66. The van der Waals surface area contributed by atoms with Crippen molar-refractivity contribution < 1.29 is 14.3 Å². The van der Waals surface area contributed by atoms with E-state index in [4.69, 9.17) is 9.47 Å². The van der Waals surface area contributed by atoms with Crippen LogP contribution in [0.25, 0.3) is 11.1 Å². The van der Waals surface area contributed by atoms with E-state index in [9.17, 15) is 4.79 Å². The van der Waals surface area contributed by atoms with Gasteiger partial charge in [-0.25, -0.2) is 5.43 Å². The molecule has 0 aliphatic rings. The first-order valence-corrected chi connectivity index (χ1v) is 8.42. The van der Waals surface area contributed by atoms with Crippen molar-refractivity contribution in [3.05, 3.63) is 83.9 Å². The monoisotopic (exact) mass is 360 g/mol. The maximum atomic E-state index is 12.3. The molecule has 0 aromatic heterocycles. The summed E-state index contributed by atoms with van der Waals surface area (Å²) in [5.74, 6) is 1.02. The van der Waals surface area contributed by atoms with E-state index in [-0.39, 0.29) is 5.91 Å². The molecule has 0 spiro atoms. The number of rotatable bonds is 6. The van der Waals surface area contributed by atoms with Gasteiger partial charge in [0.25, 0.3) is 5.91 Å². The SMILES string of the molecule is COc1ccc(/C=N/NC(=O)c2ccc(-c3ccccc3)cc2)c(OC)c1. The molecular formula is C22H20N2O3. The molecule has 0 heterocycles. The first kappa shape index (κ1) is 18.2. The molecule has 0 saturated heterocycles. The second-order valence-electron chi connectivity index (χ2n) is 5.75. The van der Waals surface area contributed by atoms with Crippen LogP contribution in [0.15, 0.2) is 77.9 Å². The van der Waals surface area contributed by atoms with E-state index in [0.29, 0.717) is 17.1 Å². The van der Waals surface area contributed by atoms with E-state index in [1.165, 1.54) is 6.21 Å². The molecule has 136 valence electrons. The van der Waals surface area contributed by atoms with Gasteiger partial charge in [-0.2, -0.15) is 5.10 Å². The Hall–Kier alpha value is -3.60. The summed E-state index contributed by atoms with van der Waals surface area (Å²) in [5.41, 5.74) is 5.96. The average Bonchev–Trinajstić information content (AvgIpc) is 2.74. The van der Waals surface area contributed by atoms with E-state index >= 15 is 0 Å². The molecule has 3 aromatic carbocycles. The van der Waals surface area contributed by atoms with Crippen molar-refractivity contribution >= 4 is 12.1 Å². The lowest BCUT2D eigenvalue weighted by Gasteiger charge is -2.07. The molecule has 0 unspecified atom stereocenters. The predicted octanol–water partition coefficient (Wildman–Crippen LogP) is 4.13. The first-order chi connectivity index (χ1) is 13.2. The van der Waals surface area contributed by atoms with Crippen LogP contribution >= 0.6 is 0 Å². The summed E-state index contributed by atoms with van der Waals surface area (Å²) in [6, 6.07) is 22.8. The summed E-state index contributed by atoms with van der Waals surface area (Å²) < 4.78 is 10.5. The van der Waals surface area contributed by atoms with Crippen molar-refractivity contribution in [2.45, 2.75) is 0 Å². The van der Waals surface area contributed by atoms with Crippen LogP contribution in [0.5, 0.6) is 11.5 Å². The zero-order valence-electron chi connectivity index (χ0n) is 15.2. The first-order valence-electron chi connectivity index (χ1n) is 8.42. The lowest BCUT2D eigenvalue weighted by atomic mass is 10.0. The van der Waals surface area contributed by atoms with Crippen LogP contribution in [0.1, 0.15) is 15.9 Å². The van der Waals surface area contributed by atoms with E-state index in [1.54, 1.807) is 38.5 Å². The maximum Gasteiger partial charge on any atom is 0.271 e. The molecule has 27 heavy (non-hydrogen) atoms. The molecule has 0 atom stereocenters. The molecule has 5 heteroatoms. The number of carbonyl (C=O) groups excluding carboxylic acids is 1. The van der Waals surface area contributed by atoms with Gasteiger partial charge in [0.1, 0.15) is 11.5 Å². The fourth-order valence-corrected chi connectivity index (χ4v) is 2.59. The molecule has 0 saturated carbocycles. The van der Waals surface area contributed by atoms with Gasteiger partial charge in [0, 0.05) is 17.2 Å². The third kappa shape index (κ3) is 4.52. The zero-order chi connectivity index (χ0) is 19.1. The van der Waals surface area contributed by atoms with Gasteiger partial charge in [-0.3, -0.25) is 4.79 Å². The highest BCUT2D eigenvalue weighted by Crippen LogP contribution is 2.23. The van der Waals surface area contributed by atoms with Crippen molar-refractivity contribution in [1.82, 2.24) is 5.43 Å². The maximum absolute atomic E-state index is 12.3. The Morgan fingerprint density at radius 3 is 2.26 bits per heavy atom.